The summed E-state index contributed by atoms with van der Waals surface area (Å²) < 4.78 is 10.8. The van der Waals surface area contributed by atoms with Gasteiger partial charge in [0.05, 0.1) is 0 Å². The average Bonchev–Trinajstić information content (AvgIpc) is 3.10. The van der Waals surface area contributed by atoms with Gasteiger partial charge in [0.2, 0.25) is 0 Å². The molecule has 1 N–H and O–H groups in total. The minimum Gasteiger partial charge on any atom is -0.445 e. The zero-order chi connectivity index (χ0) is 20.6. The summed E-state index contributed by atoms with van der Waals surface area (Å²) in [6.07, 6.45) is 5.57. The molecular weight excluding hydrogens is 356 g/mol. The Hall–Kier alpha value is -2.76. The molecule has 1 aromatic rings. The van der Waals surface area contributed by atoms with Gasteiger partial charge in [-0.05, 0) is 32.8 Å². The van der Waals surface area contributed by atoms with Crippen molar-refractivity contribution in [2.24, 2.45) is 5.92 Å². The van der Waals surface area contributed by atoms with Crippen LogP contribution < -0.4 is 5.32 Å². The predicted octanol–water partition coefficient (Wildman–Crippen LogP) is 4.28. The van der Waals surface area contributed by atoms with Gasteiger partial charge in [-0.2, -0.15) is 0 Å². The van der Waals surface area contributed by atoms with E-state index in [0.717, 1.165) is 5.56 Å². The van der Waals surface area contributed by atoms with Crippen molar-refractivity contribution in [1.82, 2.24) is 10.2 Å². The summed E-state index contributed by atoms with van der Waals surface area (Å²) in [5.41, 5.74) is 0.357. The fourth-order valence-corrected chi connectivity index (χ4v) is 3.04. The lowest BCUT2D eigenvalue weighted by Gasteiger charge is -2.34. The Kier molecular flexibility index (Phi) is 7.67. The van der Waals surface area contributed by atoms with Crippen molar-refractivity contribution in [3.8, 4) is 0 Å². The maximum absolute atomic E-state index is 12.6. The average molecular weight is 386 g/mol. The van der Waals surface area contributed by atoms with E-state index in [4.69, 9.17) is 9.47 Å². The van der Waals surface area contributed by atoms with Gasteiger partial charge in [-0.3, -0.25) is 0 Å². The molecule has 0 fully saturated rings. The van der Waals surface area contributed by atoms with Crippen LogP contribution in [0.5, 0.6) is 0 Å². The summed E-state index contributed by atoms with van der Waals surface area (Å²) in [6.45, 7) is 10.2. The number of rotatable bonds is 7. The topological polar surface area (TPSA) is 67.9 Å². The van der Waals surface area contributed by atoms with E-state index in [9.17, 15) is 9.59 Å². The number of carbonyl (C=O) groups excluding carboxylic acids is 2. The molecule has 152 valence electrons. The first-order valence-electron chi connectivity index (χ1n) is 9.52. The lowest BCUT2D eigenvalue weighted by Crippen LogP contribution is -2.47. The number of hydrogen-bond donors (Lipinski definition) is 1. The van der Waals surface area contributed by atoms with Gasteiger partial charge in [-0.25, -0.2) is 9.59 Å². The van der Waals surface area contributed by atoms with E-state index in [1.54, 1.807) is 11.0 Å². The number of nitrogens with one attached hydrogen (secondary N) is 1. The standard InChI is InChI=1S/C22H30N2O4/c1-5-14-24(21(26)28-22(2,3)4)19-13-9-12-18(19)15-23-20(25)27-16-17-10-7-6-8-11-17/h5-12,18-19H,1,13-16H2,2-4H3,(H,23,25)/t18-,19+/m0/s1. The maximum Gasteiger partial charge on any atom is 0.410 e. The summed E-state index contributed by atoms with van der Waals surface area (Å²) in [5, 5.41) is 2.79. The molecule has 2 atom stereocenters. The molecule has 0 bridgehead atoms. The van der Waals surface area contributed by atoms with Crippen molar-refractivity contribution < 1.29 is 19.1 Å². The van der Waals surface area contributed by atoms with Gasteiger partial charge < -0.3 is 19.7 Å². The summed E-state index contributed by atoms with van der Waals surface area (Å²) in [7, 11) is 0. The van der Waals surface area contributed by atoms with Crippen molar-refractivity contribution >= 4 is 12.2 Å². The highest BCUT2D eigenvalue weighted by atomic mass is 16.6. The molecule has 6 nitrogen and oxygen atoms in total. The first-order chi connectivity index (χ1) is 13.3. The Balaban J connectivity index is 1.89. The zero-order valence-corrected chi connectivity index (χ0v) is 16.9. The number of alkyl carbamates (subject to hydrolysis) is 1. The molecule has 0 saturated heterocycles. The fourth-order valence-electron chi connectivity index (χ4n) is 3.04. The minimum atomic E-state index is -0.572. The van der Waals surface area contributed by atoms with Gasteiger partial charge >= 0.3 is 12.2 Å². The number of hydrogen-bond acceptors (Lipinski definition) is 4. The monoisotopic (exact) mass is 386 g/mol. The van der Waals surface area contributed by atoms with Gasteiger partial charge in [0.1, 0.15) is 12.2 Å². The van der Waals surface area contributed by atoms with Crippen molar-refractivity contribution in [2.75, 3.05) is 13.1 Å². The van der Waals surface area contributed by atoms with E-state index in [1.807, 2.05) is 63.3 Å². The van der Waals surface area contributed by atoms with Gasteiger partial charge in [-0.15, -0.1) is 6.58 Å². The molecule has 2 rings (SSSR count). The molecule has 0 aliphatic heterocycles. The Morgan fingerprint density at radius 3 is 2.64 bits per heavy atom. The zero-order valence-electron chi connectivity index (χ0n) is 16.9. The Bertz CT molecular complexity index is 694. The second kappa shape index (κ2) is 9.97. The van der Waals surface area contributed by atoms with Crippen molar-refractivity contribution in [1.29, 1.82) is 0 Å². The van der Waals surface area contributed by atoms with Crippen molar-refractivity contribution in [3.63, 3.8) is 0 Å². The Morgan fingerprint density at radius 1 is 1.29 bits per heavy atom. The summed E-state index contributed by atoms with van der Waals surface area (Å²) in [5.74, 6) is -0.0169. The third kappa shape index (κ3) is 6.76. The minimum absolute atomic E-state index is 0.0169. The molecule has 0 aromatic heterocycles. The number of nitrogens with zero attached hydrogens (tertiary/aromatic N) is 1. The summed E-state index contributed by atoms with van der Waals surface area (Å²) >= 11 is 0. The van der Waals surface area contributed by atoms with Crippen LogP contribution in [-0.4, -0.2) is 41.8 Å². The highest BCUT2D eigenvalue weighted by molar-refractivity contribution is 5.69. The van der Waals surface area contributed by atoms with Crippen LogP contribution in [0.25, 0.3) is 0 Å². The maximum atomic E-state index is 12.6. The lowest BCUT2D eigenvalue weighted by atomic mass is 10.0. The fraction of sp³-hybridized carbons (Fsp3) is 0.455. The second-order valence-corrected chi connectivity index (χ2v) is 7.76. The Labute approximate surface area is 167 Å². The van der Waals surface area contributed by atoms with Crippen LogP contribution >= 0.6 is 0 Å². The quantitative estimate of drug-likeness (QED) is 0.710. The summed E-state index contributed by atoms with van der Waals surface area (Å²) in [6, 6.07) is 9.41. The first-order valence-corrected chi connectivity index (χ1v) is 9.52. The smallest absolute Gasteiger partial charge is 0.410 e. The number of carbonyl (C=O) groups is 2. The van der Waals surface area contributed by atoms with Crippen LogP contribution in [0.15, 0.2) is 55.1 Å². The number of ether oxygens (including phenoxy) is 2. The molecule has 1 aromatic carbocycles. The molecular formula is C22H30N2O4. The predicted molar refractivity (Wildman–Crippen MR) is 109 cm³/mol. The third-order valence-electron chi connectivity index (χ3n) is 4.30. The molecule has 0 saturated carbocycles. The van der Waals surface area contributed by atoms with Crippen LogP contribution in [0.3, 0.4) is 0 Å². The normalized spacial score (nSPS) is 18.4. The molecule has 0 heterocycles. The largest absolute Gasteiger partial charge is 0.445 e. The van der Waals surface area contributed by atoms with Gasteiger partial charge in [0, 0.05) is 25.0 Å². The lowest BCUT2D eigenvalue weighted by molar-refractivity contribution is 0.0160. The highest BCUT2D eigenvalue weighted by Crippen LogP contribution is 2.25. The molecule has 6 heteroatoms. The Morgan fingerprint density at radius 2 is 2.00 bits per heavy atom. The second-order valence-electron chi connectivity index (χ2n) is 7.76. The van der Waals surface area contributed by atoms with Gasteiger partial charge in [-0.1, -0.05) is 48.6 Å². The van der Waals surface area contributed by atoms with Crippen LogP contribution in [0, 0.1) is 5.92 Å². The van der Waals surface area contributed by atoms with Crippen LogP contribution in [-0.2, 0) is 16.1 Å². The molecule has 1 aliphatic carbocycles. The molecule has 28 heavy (non-hydrogen) atoms. The SMILES string of the molecule is C=CCN(C(=O)OC(C)(C)C)[C@@H]1CC=C[C@H]1CNC(=O)OCc1ccccc1. The van der Waals surface area contributed by atoms with Crippen molar-refractivity contribution in [3.05, 3.63) is 60.7 Å². The van der Waals surface area contributed by atoms with E-state index in [-0.39, 0.29) is 24.7 Å². The molecule has 0 unspecified atom stereocenters. The number of benzene rings is 1. The van der Waals surface area contributed by atoms with E-state index in [1.165, 1.54) is 0 Å². The van der Waals surface area contributed by atoms with Gasteiger partial charge in [0.25, 0.3) is 0 Å². The first kappa shape index (κ1) is 21.5. The van der Waals surface area contributed by atoms with Crippen LogP contribution in [0.2, 0.25) is 0 Å². The van der Waals surface area contributed by atoms with E-state index in [2.05, 4.69) is 11.9 Å². The molecule has 0 radical (unpaired) electrons. The van der Waals surface area contributed by atoms with Crippen LogP contribution in [0.1, 0.15) is 32.8 Å². The van der Waals surface area contributed by atoms with E-state index < -0.39 is 11.7 Å². The van der Waals surface area contributed by atoms with Gasteiger partial charge in [0.15, 0.2) is 0 Å². The molecule has 2 amide bonds. The highest BCUT2D eigenvalue weighted by Gasteiger charge is 2.33. The number of amides is 2. The van der Waals surface area contributed by atoms with Crippen LogP contribution in [0.4, 0.5) is 9.59 Å². The summed E-state index contributed by atoms with van der Waals surface area (Å²) in [4.78, 5) is 26.3. The van der Waals surface area contributed by atoms with Crippen molar-refractivity contribution in [2.45, 2.75) is 45.4 Å². The van der Waals surface area contributed by atoms with E-state index >= 15 is 0 Å². The van der Waals surface area contributed by atoms with E-state index in [0.29, 0.717) is 19.5 Å². The molecule has 1 aliphatic rings. The molecule has 0 spiro atoms. The third-order valence-corrected chi connectivity index (χ3v) is 4.30.